The van der Waals surface area contributed by atoms with Crippen LogP contribution in [0.2, 0.25) is 0 Å². The van der Waals surface area contributed by atoms with Crippen molar-refractivity contribution in [3.8, 4) is 0 Å². The van der Waals surface area contributed by atoms with Crippen LogP contribution in [0.15, 0.2) is 51.7 Å². The summed E-state index contributed by atoms with van der Waals surface area (Å²) in [4.78, 5) is 6.29. The van der Waals surface area contributed by atoms with Crippen LogP contribution >= 0.6 is 35.3 Å². The van der Waals surface area contributed by atoms with Gasteiger partial charge in [-0.3, -0.25) is 4.99 Å². The van der Waals surface area contributed by atoms with Crippen LogP contribution in [0, 0.1) is 5.82 Å². The standard InChI is InChI=1S/C19H25FN4O2S2.HI/c1-21-19(22-10-14-28(25,26)17-6-3-2-5-16(17)20)23-15-8-11-24(12-9-15)18-7-4-13-27-18;/h2-7,13,15H,8-12,14H2,1H3,(H2,21,22,23);1H. The normalized spacial score (nSPS) is 15.7. The lowest BCUT2D eigenvalue weighted by Gasteiger charge is -2.33. The van der Waals surface area contributed by atoms with E-state index in [1.807, 2.05) is 0 Å². The zero-order chi connectivity index (χ0) is 20.0. The van der Waals surface area contributed by atoms with Crippen molar-refractivity contribution in [1.29, 1.82) is 0 Å². The van der Waals surface area contributed by atoms with Gasteiger partial charge in [-0.05, 0) is 42.5 Å². The first-order valence-corrected chi connectivity index (χ1v) is 11.8. The molecule has 1 aliphatic heterocycles. The molecule has 1 aromatic heterocycles. The van der Waals surface area contributed by atoms with Gasteiger partial charge in [-0.25, -0.2) is 12.8 Å². The maximum Gasteiger partial charge on any atom is 0.191 e. The van der Waals surface area contributed by atoms with Gasteiger partial charge in [0.25, 0.3) is 0 Å². The average Bonchev–Trinajstić information content (AvgIpc) is 3.22. The van der Waals surface area contributed by atoms with Gasteiger partial charge in [-0.2, -0.15) is 0 Å². The topological polar surface area (TPSA) is 73.8 Å². The summed E-state index contributed by atoms with van der Waals surface area (Å²) in [6.07, 6.45) is 1.96. The van der Waals surface area contributed by atoms with Crippen LogP contribution in [0.25, 0.3) is 0 Å². The molecule has 0 atom stereocenters. The Hall–Kier alpha value is -1.40. The van der Waals surface area contributed by atoms with Crippen molar-refractivity contribution in [2.75, 3.05) is 37.3 Å². The third-order valence-electron chi connectivity index (χ3n) is 4.71. The van der Waals surface area contributed by atoms with Gasteiger partial charge in [0.05, 0.1) is 10.8 Å². The number of piperidine rings is 1. The van der Waals surface area contributed by atoms with E-state index in [0.29, 0.717) is 5.96 Å². The molecule has 29 heavy (non-hydrogen) atoms. The Labute approximate surface area is 192 Å². The molecule has 1 aliphatic rings. The number of nitrogens with zero attached hydrogens (tertiary/aromatic N) is 2. The molecular formula is C19H26FIN4O2S2. The summed E-state index contributed by atoms with van der Waals surface area (Å²) in [6, 6.07) is 9.92. The average molecular weight is 552 g/mol. The van der Waals surface area contributed by atoms with E-state index in [2.05, 4.69) is 38.0 Å². The third kappa shape index (κ3) is 6.54. The van der Waals surface area contributed by atoms with E-state index in [0.717, 1.165) is 32.0 Å². The first kappa shape index (κ1) is 23.9. The van der Waals surface area contributed by atoms with E-state index in [-0.39, 0.29) is 47.2 Å². The maximum absolute atomic E-state index is 13.7. The van der Waals surface area contributed by atoms with Crippen LogP contribution in [0.4, 0.5) is 9.39 Å². The molecule has 0 radical (unpaired) electrons. The molecule has 1 fully saturated rings. The van der Waals surface area contributed by atoms with Gasteiger partial charge in [0, 0.05) is 32.7 Å². The quantitative estimate of drug-likeness (QED) is 0.328. The first-order valence-electron chi connectivity index (χ1n) is 9.22. The smallest absolute Gasteiger partial charge is 0.191 e. The fourth-order valence-corrected chi connectivity index (χ4v) is 5.22. The number of halogens is 2. The fraction of sp³-hybridized carbons (Fsp3) is 0.421. The summed E-state index contributed by atoms with van der Waals surface area (Å²) in [5.41, 5.74) is 0. The molecule has 0 spiro atoms. The van der Waals surface area contributed by atoms with Gasteiger partial charge >= 0.3 is 0 Å². The molecule has 0 saturated carbocycles. The zero-order valence-electron chi connectivity index (χ0n) is 16.2. The summed E-state index contributed by atoms with van der Waals surface area (Å²) in [5.74, 6) is -0.355. The van der Waals surface area contributed by atoms with Crippen molar-refractivity contribution >= 4 is 56.1 Å². The summed E-state index contributed by atoms with van der Waals surface area (Å²) < 4.78 is 38.4. The Morgan fingerprint density at radius 3 is 2.59 bits per heavy atom. The molecule has 6 nitrogen and oxygen atoms in total. The summed E-state index contributed by atoms with van der Waals surface area (Å²) in [5, 5.41) is 9.76. The molecule has 160 valence electrons. The second-order valence-corrected chi connectivity index (χ2v) is 9.61. The van der Waals surface area contributed by atoms with E-state index < -0.39 is 15.7 Å². The SMILES string of the molecule is CN=C(NCCS(=O)(=O)c1ccccc1F)NC1CCN(c2cccs2)CC1.I. The summed E-state index contributed by atoms with van der Waals surface area (Å²) in [6.45, 7) is 2.10. The predicted molar refractivity (Wildman–Crippen MR) is 128 cm³/mol. The van der Waals surface area contributed by atoms with E-state index in [1.165, 1.54) is 23.2 Å². The molecule has 2 N–H and O–H groups in total. The predicted octanol–water partition coefficient (Wildman–Crippen LogP) is 3.11. The minimum Gasteiger partial charge on any atom is -0.363 e. The van der Waals surface area contributed by atoms with Crippen molar-refractivity contribution in [2.45, 2.75) is 23.8 Å². The highest BCUT2D eigenvalue weighted by molar-refractivity contribution is 14.0. The van der Waals surface area contributed by atoms with Crippen LogP contribution in [-0.2, 0) is 9.84 Å². The lowest BCUT2D eigenvalue weighted by Crippen LogP contribution is -2.49. The molecule has 1 aromatic carbocycles. The van der Waals surface area contributed by atoms with E-state index in [9.17, 15) is 12.8 Å². The Bertz CT molecular complexity index is 899. The minimum absolute atomic E-state index is 0. The van der Waals surface area contributed by atoms with Crippen LogP contribution in [0.3, 0.4) is 0 Å². The number of aliphatic imine (C=N–C) groups is 1. The number of nitrogens with one attached hydrogen (secondary N) is 2. The Kier molecular flexibility index (Phi) is 9.15. The Morgan fingerprint density at radius 2 is 1.97 bits per heavy atom. The number of guanidine groups is 1. The zero-order valence-corrected chi connectivity index (χ0v) is 20.1. The van der Waals surface area contributed by atoms with Crippen LogP contribution in [-0.4, -0.2) is 52.9 Å². The van der Waals surface area contributed by atoms with Gasteiger partial charge in [-0.15, -0.1) is 35.3 Å². The highest BCUT2D eigenvalue weighted by Gasteiger charge is 2.21. The molecular weight excluding hydrogens is 526 g/mol. The molecule has 10 heteroatoms. The summed E-state index contributed by atoms with van der Waals surface area (Å²) >= 11 is 1.75. The monoisotopic (exact) mass is 552 g/mol. The maximum atomic E-state index is 13.7. The van der Waals surface area contributed by atoms with Gasteiger partial charge in [0.2, 0.25) is 0 Å². The number of rotatable bonds is 6. The Morgan fingerprint density at radius 1 is 1.24 bits per heavy atom. The number of benzene rings is 1. The van der Waals surface area contributed by atoms with Crippen LogP contribution < -0.4 is 15.5 Å². The lowest BCUT2D eigenvalue weighted by molar-refractivity contribution is 0.463. The third-order valence-corrected chi connectivity index (χ3v) is 7.38. The van der Waals surface area contributed by atoms with Gasteiger partial charge < -0.3 is 15.5 Å². The number of sulfone groups is 1. The molecule has 2 heterocycles. The van der Waals surface area contributed by atoms with Crippen molar-refractivity contribution < 1.29 is 12.8 Å². The largest absolute Gasteiger partial charge is 0.363 e. The fourth-order valence-electron chi connectivity index (χ4n) is 3.19. The molecule has 2 aromatic rings. The van der Waals surface area contributed by atoms with Gasteiger partial charge in [-0.1, -0.05) is 12.1 Å². The van der Waals surface area contributed by atoms with Gasteiger partial charge in [0.15, 0.2) is 15.8 Å². The lowest BCUT2D eigenvalue weighted by atomic mass is 10.1. The number of thiophene rings is 1. The van der Waals surface area contributed by atoms with Crippen LogP contribution in [0.5, 0.6) is 0 Å². The van der Waals surface area contributed by atoms with E-state index >= 15 is 0 Å². The van der Waals surface area contributed by atoms with Crippen molar-refractivity contribution in [1.82, 2.24) is 10.6 Å². The number of hydrogen-bond acceptors (Lipinski definition) is 5. The molecule has 1 saturated heterocycles. The van der Waals surface area contributed by atoms with Crippen LogP contribution in [0.1, 0.15) is 12.8 Å². The number of hydrogen-bond donors (Lipinski definition) is 2. The molecule has 3 rings (SSSR count). The van der Waals surface area contributed by atoms with E-state index in [4.69, 9.17) is 0 Å². The molecule has 0 amide bonds. The molecule has 0 aliphatic carbocycles. The molecule has 0 bridgehead atoms. The first-order chi connectivity index (χ1) is 13.5. The second-order valence-electron chi connectivity index (χ2n) is 6.61. The molecule has 0 unspecified atom stereocenters. The Balaban J connectivity index is 0.00000300. The van der Waals surface area contributed by atoms with Crippen molar-refractivity contribution in [2.24, 2.45) is 4.99 Å². The van der Waals surface area contributed by atoms with E-state index in [1.54, 1.807) is 18.4 Å². The minimum atomic E-state index is -3.69. The van der Waals surface area contributed by atoms with Crippen molar-refractivity contribution in [3.05, 3.63) is 47.6 Å². The highest BCUT2D eigenvalue weighted by atomic mass is 127. The summed E-state index contributed by atoms with van der Waals surface area (Å²) in [7, 11) is -2.03. The van der Waals surface area contributed by atoms with Gasteiger partial charge in [0.1, 0.15) is 10.7 Å². The second kappa shape index (κ2) is 11.1. The highest BCUT2D eigenvalue weighted by Crippen LogP contribution is 2.24. The van der Waals surface area contributed by atoms with Crippen molar-refractivity contribution in [3.63, 3.8) is 0 Å². The number of anilines is 1.